The Morgan fingerprint density at radius 3 is 2.65 bits per heavy atom. The number of ether oxygens (including phenoxy) is 1. The van der Waals surface area contributed by atoms with E-state index in [9.17, 15) is 9.59 Å². The molecule has 0 saturated carbocycles. The number of anilines is 1. The molecule has 3 aromatic carbocycles. The predicted molar refractivity (Wildman–Crippen MR) is 139 cm³/mol. The van der Waals surface area contributed by atoms with E-state index in [1.807, 2.05) is 60.9 Å². The van der Waals surface area contributed by atoms with Crippen molar-refractivity contribution in [3.05, 3.63) is 83.9 Å². The van der Waals surface area contributed by atoms with Crippen LogP contribution in [0.4, 0.5) is 5.69 Å². The first-order chi connectivity index (χ1) is 16.5. The van der Waals surface area contributed by atoms with Crippen LogP contribution in [0.1, 0.15) is 11.1 Å². The fraction of sp³-hybridized carbons (Fsp3) is 0.192. The Kier molecular flexibility index (Phi) is 7.92. The number of esters is 1. The van der Waals surface area contributed by atoms with Crippen LogP contribution in [-0.2, 0) is 20.9 Å². The highest BCUT2D eigenvalue weighted by Gasteiger charge is 2.15. The Hall–Kier alpha value is -3.23. The molecule has 0 fully saturated rings. The zero-order valence-electron chi connectivity index (χ0n) is 19.0. The van der Waals surface area contributed by atoms with Gasteiger partial charge in [0.2, 0.25) is 0 Å². The Bertz CT molecular complexity index is 1320. The number of amides is 1. The number of nitrogens with one attached hydrogen (secondary N) is 1. The van der Waals surface area contributed by atoms with Crippen molar-refractivity contribution >= 4 is 52.1 Å². The average molecular weight is 492 g/mol. The Labute approximate surface area is 207 Å². The van der Waals surface area contributed by atoms with Gasteiger partial charge in [0, 0.05) is 10.6 Å². The average Bonchev–Trinajstić information content (AvgIpc) is 3.20. The quantitative estimate of drug-likeness (QED) is 0.250. The Balaban J connectivity index is 1.37. The first-order valence-corrected chi connectivity index (χ1v) is 13.0. The number of aromatic nitrogens is 2. The highest BCUT2D eigenvalue weighted by atomic mass is 32.2. The highest BCUT2D eigenvalue weighted by Crippen LogP contribution is 2.26. The van der Waals surface area contributed by atoms with E-state index in [2.05, 4.69) is 28.9 Å². The molecule has 0 bridgehead atoms. The van der Waals surface area contributed by atoms with Gasteiger partial charge in [0.1, 0.15) is 0 Å². The van der Waals surface area contributed by atoms with Crippen molar-refractivity contribution in [2.45, 2.75) is 23.5 Å². The van der Waals surface area contributed by atoms with Crippen LogP contribution < -0.4 is 5.32 Å². The third-order valence-electron chi connectivity index (χ3n) is 5.25. The number of fused-ring (bicyclic) bond motifs is 1. The summed E-state index contributed by atoms with van der Waals surface area (Å²) < 4.78 is 7.30. The van der Waals surface area contributed by atoms with E-state index in [1.165, 1.54) is 22.9 Å². The maximum Gasteiger partial charge on any atom is 0.316 e. The van der Waals surface area contributed by atoms with Gasteiger partial charge in [-0.25, -0.2) is 4.98 Å². The summed E-state index contributed by atoms with van der Waals surface area (Å²) in [6, 6.07) is 23.6. The fourth-order valence-corrected chi connectivity index (χ4v) is 4.75. The summed E-state index contributed by atoms with van der Waals surface area (Å²) in [6.07, 6.45) is 1.97. The maximum absolute atomic E-state index is 12.3. The number of hydrogen-bond acceptors (Lipinski definition) is 6. The molecule has 0 aliphatic heterocycles. The molecule has 174 valence electrons. The van der Waals surface area contributed by atoms with E-state index in [1.54, 1.807) is 17.8 Å². The van der Waals surface area contributed by atoms with Crippen LogP contribution in [0.5, 0.6) is 0 Å². The van der Waals surface area contributed by atoms with E-state index < -0.39 is 5.97 Å². The molecule has 0 saturated heterocycles. The lowest BCUT2D eigenvalue weighted by atomic mass is 10.1. The van der Waals surface area contributed by atoms with Gasteiger partial charge >= 0.3 is 5.97 Å². The van der Waals surface area contributed by atoms with Gasteiger partial charge in [-0.2, -0.15) is 0 Å². The van der Waals surface area contributed by atoms with Crippen LogP contribution in [0.3, 0.4) is 0 Å². The minimum absolute atomic E-state index is 0.0618. The highest BCUT2D eigenvalue weighted by molar-refractivity contribution is 7.99. The van der Waals surface area contributed by atoms with Crippen LogP contribution in [0, 0.1) is 6.92 Å². The third-order valence-corrected chi connectivity index (χ3v) is 6.92. The summed E-state index contributed by atoms with van der Waals surface area (Å²) in [5.74, 6) is -0.775. The summed E-state index contributed by atoms with van der Waals surface area (Å²) in [5.41, 5.74) is 4.95. The number of carbonyl (C=O) groups excluding carboxylic acids is 2. The van der Waals surface area contributed by atoms with Crippen LogP contribution >= 0.6 is 23.5 Å². The molecule has 0 spiro atoms. The monoisotopic (exact) mass is 491 g/mol. The van der Waals surface area contributed by atoms with E-state index in [0.29, 0.717) is 12.2 Å². The number of imidazole rings is 1. The number of rotatable bonds is 9. The fourth-order valence-electron chi connectivity index (χ4n) is 3.48. The van der Waals surface area contributed by atoms with E-state index >= 15 is 0 Å². The number of benzene rings is 3. The largest absolute Gasteiger partial charge is 0.455 e. The second kappa shape index (κ2) is 11.3. The van der Waals surface area contributed by atoms with Gasteiger partial charge in [-0.05, 0) is 54.6 Å². The van der Waals surface area contributed by atoms with Crippen molar-refractivity contribution in [1.82, 2.24) is 9.55 Å². The molecule has 1 amide bonds. The lowest BCUT2D eigenvalue weighted by molar-refractivity contribution is -0.144. The Morgan fingerprint density at radius 1 is 1.03 bits per heavy atom. The Morgan fingerprint density at radius 2 is 1.82 bits per heavy atom. The summed E-state index contributed by atoms with van der Waals surface area (Å²) in [5, 5.41) is 3.49. The normalized spacial score (nSPS) is 10.9. The van der Waals surface area contributed by atoms with Crippen LogP contribution in [0.25, 0.3) is 11.0 Å². The first-order valence-electron chi connectivity index (χ1n) is 10.8. The summed E-state index contributed by atoms with van der Waals surface area (Å²) in [4.78, 5) is 30.3. The molecule has 0 aliphatic carbocycles. The van der Waals surface area contributed by atoms with Gasteiger partial charge in [0.05, 0.1) is 23.3 Å². The number of thioether (sulfide) groups is 2. The number of nitrogens with zero attached hydrogens (tertiary/aromatic N) is 2. The SMILES string of the molecule is CSc1cccc(NC(=O)COC(=O)CSc2nc3ccccc3n2Cc2ccccc2C)c1. The van der Waals surface area contributed by atoms with E-state index in [-0.39, 0.29) is 18.3 Å². The molecule has 1 aromatic heterocycles. The molecule has 1 N–H and O–H groups in total. The summed E-state index contributed by atoms with van der Waals surface area (Å²) in [7, 11) is 0. The van der Waals surface area contributed by atoms with Crippen molar-refractivity contribution < 1.29 is 14.3 Å². The lowest BCUT2D eigenvalue weighted by Gasteiger charge is -2.11. The van der Waals surface area contributed by atoms with Crippen LogP contribution in [0.2, 0.25) is 0 Å². The van der Waals surface area contributed by atoms with Gasteiger partial charge in [-0.1, -0.05) is 54.2 Å². The van der Waals surface area contributed by atoms with Crippen molar-refractivity contribution in [2.75, 3.05) is 23.9 Å². The minimum atomic E-state index is -0.465. The summed E-state index contributed by atoms with van der Waals surface area (Å²) in [6.45, 7) is 2.41. The van der Waals surface area contributed by atoms with Gasteiger partial charge in [-0.15, -0.1) is 11.8 Å². The van der Waals surface area contributed by atoms with Crippen LogP contribution in [-0.4, -0.2) is 40.0 Å². The molecule has 34 heavy (non-hydrogen) atoms. The maximum atomic E-state index is 12.3. The first kappa shape index (κ1) is 23.9. The third kappa shape index (κ3) is 6.01. The summed E-state index contributed by atoms with van der Waals surface area (Å²) >= 11 is 2.90. The van der Waals surface area contributed by atoms with E-state index in [0.717, 1.165) is 21.1 Å². The zero-order valence-corrected chi connectivity index (χ0v) is 20.6. The molecule has 4 rings (SSSR count). The molecule has 0 aliphatic rings. The van der Waals surface area contributed by atoms with E-state index in [4.69, 9.17) is 9.72 Å². The smallest absolute Gasteiger partial charge is 0.316 e. The van der Waals surface area contributed by atoms with Crippen molar-refractivity contribution in [3.63, 3.8) is 0 Å². The standard InChI is InChI=1S/C26H25N3O3S2/c1-18-8-3-4-9-19(18)15-29-23-13-6-5-12-22(23)28-26(29)34-17-25(31)32-16-24(30)27-20-10-7-11-21(14-20)33-2/h3-14H,15-17H2,1-2H3,(H,27,30). The lowest BCUT2D eigenvalue weighted by Crippen LogP contribution is -2.21. The van der Waals surface area contributed by atoms with Crippen LogP contribution in [0.15, 0.2) is 82.8 Å². The topological polar surface area (TPSA) is 73.2 Å². The zero-order chi connectivity index (χ0) is 23.9. The van der Waals surface area contributed by atoms with Crippen molar-refractivity contribution in [1.29, 1.82) is 0 Å². The molecule has 8 heteroatoms. The van der Waals surface area contributed by atoms with Gasteiger partial charge < -0.3 is 14.6 Å². The van der Waals surface area contributed by atoms with Crippen molar-refractivity contribution in [3.8, 4) is 0 Å². The molecule has 6 nitrogen and oxygen atoms in total. The molecule has 0 atom stereocenters. The molecular weight excluding hydrogens is 466 g/mol. The minimum Gasteiger partial charge on any atom is -0.455 e. The number of aryl methyl sites for hydroxylation is 1. The van der Waals surface area contributed by atoms with Crippen molar-refractivity contribution in [2.24, 2.45) is 0 Å². The predicted octanol–water partition coefficient (Wildman–Crippen LogP) is 5.39. The van der Waals surface area contributed by atoms with Gasteiger partial charge in [-0.3, -0.25) is 9.59 Å². The molecule has 0 radical (unpaired) electrons. The second-order valence-corrected chi connectivity index (χ2v) is 9.45. The van der Waals surface area contributed by atoms with Gasteiger partial charge in [0.25, 0.3) is 5.91 Å². The van der Waals surface area contributed by atoms with Gasteiger partial charge in [0.15, 0.2) is 11.8 Å². The number of para-hydroxylation sites is 2. The molecule has 4 aromatic rings. The molecule has 1 heterocycles. The second-order valence-electron chi connectivity index (χ2n) is 7.63. The molecule has 0 unspecified atom stereocenters. The number of hydrogen-bond donors (Lipinski definition) is 1. The molecular formula is C26H25N3O3S2. The number of carbonyl (C=O) groups is 2.